The fourth-order valence-corrected chi connectivity index (χ4v) is 3.82. The Morgan fingerprint density at radius 2 is 2.12 bits per heavy atom. The Morgan fingerprint density at radius 3 is 2.88 bits per heavy atom. The molecule has 1 saturated heterocycles. The number of pyridine rings is 1. The van der Waals surface area contributed by atoms with E-state index in [0.717, 1.165) is 50.0 Å². The minimum atomic E-state index is -0.0730. The van der Waals surface area contributed by atoms with Crippen LogP contribution in [0.25, 0.3) is 0 Å². The van der Waals surface area contributed by atoms with Gasteiger partial charge in [0, 0.05) is 31.9 Å². The van der Waals surface area contributed by atoms with Crippen molar-refractivity contribution in [3.05, 3.63) is 23.9 Å². The molecule has 1 aliphatic heterocycles. The monoisotopic (exact) mass is 346 g/mol. The second kappa shape index (κ2) is 8.52. The number of hydrogen-bond acceptors (Lipinski definition) is 4. The summed E-state index contributed by atoms with van der Waals surface area (Å²) in [5.41, 5.74) is 1.07. The van der Waals surface area contributed by atoms with Crippen LogP contribution in [-0.4, -0.2) is 43.4 Å². The number of nitrogens with zero attached hydrogens (tertiary/aromatic N) is 2. The zero-order chi connectivity index (χ0) is 17.6. The minimum absolute atomic E-state index is 0.0730. The predicted molar refractivity (Wildman–Crippen MR) is 98.6 cm³/mol. The third-order valence-electron chi connectivity index (χ3n) is 5.35. The lowest BCUT2D eigenvalue weighted by Gasteiger charge is -2.33. The number of carbonyl (C=O) groups is 1. The first-order valence-corrected chi connectivity index (χ1v) is 9.44. The Kier molecular flexibility index (Phi) is 6.13. The minimum Gasteiger partial charge on any atom is -0.378 e. The summed E-state index contributed by atoms with van der Waals surface area (Å²) >= 11 is 0. The maximum absolute atomic E-state index is 12.2. The molecule has 0 spiro atoms. The van der Waals surface area contributed by atoms with E-state index in [1.807, 2.05) is 12.3 Å². The average molecular weight is 346 g/mol. The van der Waals surface area contributed by atoms with Crippen LogP contribution in [0.4, 0.5) is 10.6 Å². The quantitative estimate of drug-likeness (QED) is 0.879. The number of ether oxygens (including phenoxy) is 1. The molecule has 138 valence electrons. The van der Waals surface area contributed by atoms with Gasteiger partial charge >= 0.3 is 6.03 Å². The molecule has 3 rings (SSSR count). The fraction of sp³-hybridized carbons (Fsp3) is 0.684. The van der Waals surface area contributed by atoms with Gasteiger partial charge in [0.2, 0.25) is 0 Å². The number of rotatable bonds is 4. The SMILES string of the molecule is C[C@@H]1CC[C@@H](NC(=O)NCc2ccnc(N3CCOCC3)c2)[C@@H](C)C1. The Hall–Kier alpha value is -1.82. The molecule has 0 aromatic carbocycles. The van der Waals surface area contributed by atoms with Gasteiger partial charge in [0.1, 0.15) is 5.82 Å². The number of aromatic nitrogens is 1. The van der Waals surface area contributed by atoms with Crippen LogP contribution in [-0.2, 0) is 11.3 Å². The summed E-state index contributed by atoms with van der Waals surface area (Å²) in [7, 11) is 0. The fourth-order valence-electron chi connectivity index (χ4n) is 3.82. The van der Waals surface area contributed by atoms with Crippen molar-refractivity contribution in [1.29, 1.82) is 0 Å². The summed E-state index contributed by atoms with van der Waals surface area (Å²) in [5, 5.41) is 6.13. The van der Waals surface area contributed by atoms with E-state index in [2.05, 4.69) is 40.4 Å². The van der Waals surface area contributed by atoms with E-state index in [4.69, 9.17) is 4.74 Å². The lowest BCUT2D eigenvalue weighted by Crippen LogP contribution is -2.46. The Balaban J connectivity index is 1.48. The molecule has 0 radical (unpaired) electrons. The molecule has 2 amide bonds. The zero-order valence-electron chi connectivity index (χ0n) is 15.3. The van der Waals surface area contributed by atoms with Crippen molar-refractivity contribution in [3.63, 3.8) is 0 Å². The molecule has 2 aliphatic rings. The Labute approximate surface area is 150 Å². The van der Waals surface area contributed by atoms with Crippen LogP contribution in [0.2, 0.25) is 0 Å². The molecule has 25 heavy (non-hydrogen) atoms. The number of urea groups is 1. The van der Waals surface area contributed by atoms with Gasteiger partial charge in [0.25, 0.3) is 0 Å². The maximum atomic E-state index is 12.2. The molecule has 1 aromatic heterocycles. The van der Waals surface area contributed by atoms with E-state index < -0.39 is 0 Å². The Bertz CT molecular complexity index is 574. The van der Waals surface area contributed by atoms with Gasteiger partial charge in [-0.2, -0.15) is 0 Å². The van der Waals surface area contributed by atoms with E-state index >= 15 is 0 Å². The maximum Gasteiger partial charge on any atom is 0.315 e. The zero-order valence-corrected chi connectivity index (χ0v) is 15.3. The van der Waals surface area contributed by atoms with Crippen LogP contribution >= 0.6 is 0 Å². The van der Waals surface area contributed by atoms with Crippen LogP contribution in [0.5, 0.6) is 0 Å². The molecule has 6 nitrogen and oxygen atoms in total. The number of nitrogens with one attached hydrogen (secondary N) is 2. The molecule has 1 aromatic rings. The number of morpholine rings is 1. The van der Waals surface area contributed by atoms with Crippen LogP contribution in [0.1, 0.15) is 38.7 Å². The average Bonchev–Trinajstić information content (AvgIpc) is 2.63. The normalized spacial score (nSPS) is 27.0. The standard InChI is InChI=1S/C19H30N4O2/c1-14-3-4-17(15(2)11-14)22-19(24)21-13-16-5-6-20-18(12-16)23-7-9-25-10-8-23/h5-6,12,14-15,17H,3-4,7-11,13H2,1-2H3,(H2,21,22,24)/t14-,15+,17-/m1/s1. The van der Waals surface area contributed by atoms with E-state index in [9.17, 15) is 4.79 Å². The molecule has 2 fully saturated rings. The van der Waals surface area contributed by atoms with Crippen molar-refractivity contribution in [2.24, 2.45) is 11.8 Å². The second-order valence-electron chi connectivity index (χ2n) is 7.45. The van der Waals surface area contributed by atoms with Crippen molar-refractivity contribution in [2.45, 2.75) is 45.7 Å². The number of anilines is 1. The van der Waals surface area contributed by atoms with E-state index in [0.29, 0.717) is 12.5 Å². The summed E-state index contributed by atoms with van der Waals surface area (Å²) in [5.74, 6) is 2.27. The van der Waals surface area contributed by atoms with Gasteiger partial charge in [-0.1, -0.05) is 13.8 Å². The highest BCUT2D eigenvalue weighted by molar-refractivity contribution is 5.74. The molecular weight excluding hydrogens is 316 g/mol. The van der Waals surface area contributed by atoms with E-state index in [1.165, 1.54) is 12.8 Å². The van der Waals surface area contributed by atoms with Crippen LogP contribution in [0.3, 0.4) is 0 Å². The van der Waals surface area contributed by atoms with Gasteiger partial charge in [-0.3, -0.25) is 0 Å². The van der Waals surface area contributed by atoms with Gasteiger partial charge in [-0.15, -0.1) is 0 Å². The molecular formula is C19H30N4O2. The van der Waals surface area contributed by atoms with Crippen molar-refractivity contribution < 1.29 is 9.53 Å². The summed E-state index contributed by atoms with van der Waals surface area (Å²) in [4.78, 5) is 18.9. The smallest absolute Gasteiger partial charge is 0.315 e. The van der Waals surface area contributed by atoms with Gasteiger partial charge in [-0.05, 0) is 48.8 Å². The van der Waals surface area contributed by atoms with Crippen LogP contribution in [0, 0.1) is 11.8 Å². The largest absolute Gasteiger partial charge is 0.378 e. The predicted octanol–water partition coefficient (Wildman–Crippen LogP) is 2.54. The van der Waals surface area contributed by atoms with Crippen molar-refractivity contribution in [2.75, 3.05) is 31.2 Å². The lowest BCUT2D eigenvalue weighted by molar-refractivity contribution is 0.122. The molecule has 6 heteroatoms. The number of hydrogen-bond donors (Lipinski definition) is 2. The number of amides is 2. The highest BCUT2D eigenvalue weighted by Crippen LogP contribution is 2.28. The van der Waals surface area contributed by atoms with Crippen molar-refractivity contribution in [1.82, 2.24) is 15.6 Å². The molecule has 2 N–H and O–H groups in total. The van der Waals surface area contributed by atoms with Gasteiger partial charge in [0.15, 0.2) is 0 Å². The first-order chi connectivity index (χ1) is 12.1. The van der Waals surface area contributed by atoms with Crippen LogP contribution < -0.4 is 15.5 Å². The first kappa shape index (κ1) is 18.0. The highest BCUT2D eigenvalue weighted by atomic mass is 16.5. The van der Waals surface area contributed by atoms with E-state index in [1.54, 1.807) is 0 Å². The molecule has 3 atom stereocenters. The molecule has 2 heterocycles. The topological polar surface area (TPSA) is 66.5 Å². The van der Waals surface area contributed by atoms with Gasteiger partial charge in [-0.25, -0.2) is 9.78 Å². The molecule has 1 saturated carbocycles. The molecule has 0 bridgehead atoms. The number of carbonyl (C=O) groups excluding carboxylic acids is 1. The van der Waals surface area contributed by atoms with Gasteiger partial charge < -0.3 is 20.3 Å². The van der Waals surface area contributed by atoms with Crippen molar-refractivity contribution >= 4 is 11.8 Å². The molecule has 1 aliphatic carbocycles. The second-order valence-corrected chi connectivity index (χ2v) is 7.45. The highest BCUT2D eigenvalue weighted by Gasteiger charge is 2.26. The van der Waals surface area contributed by atoms with Crippen molar-refractivity contribution in [3.8, 4) is 0 Å². The van der Waals surface area contributed by atoms with E-state index in [-0.39, 0.29) is 12.1 Å². The summed E-state index contributed by atoms with van der Waals surface area (Å²) in [6, 6.07) is 4.22. The molecule has 0 unspecified atom stereocenters. The Morgan fingerprint density at radius 1 is 1.32 bits per heavy atom. The van der Waals surface area contributed by atoms with Crippen LogP contribution in [0.15, 0.2) is 18.3 Å². The summed E-state index contributed by atoms with van der Waals surface area (Å²) in [6.07, 6.45) is 5.28. The summed E-state index contributed by atoms with van der Waals surface area (Å²) < 4.78 is 5.38. The third-order valence-corrected chi connectivity index (χ3v) is 5.35. The first-order valence-electron chi connectivity index (χ1n) is 9.44. The third kappa shape index (κ3) is 5.08. The lowest BCUT2D eigenvalue weighted by atomic mass is 9.80. The van der Waals surface area contributed by atoms with Gasteiger partial charge in [0.05, 0.1) is 13.2 Å². The summed E-state index contributed by atoms with van der Waals surface area (Å²) in [6.45, 7) is 8.25.